The average molecular weight is 471 g/mol. The summed E-state index contributed by atoms with van der Waals surface area (Å²) in [6.45, 7) is 1.32. The summed E-state index contributed by atoms with van der Waals surface area (Å²) in [5.74, 6) is -2.15. The van der Waals surface area contributed by atoms with Gasteiger partial charge in [0.25, 0.3) is 11.5 Å². The Hall–Kier alpha value is -3.79. The SMILES string of the molecule is Cc1cc2c(-c3ccc[nH]c3=O)c(C(=O)NS(C)(=O)=O)n(Cc3ccccc3F)c2cc1F. The zero-order valence-corrected chi connectivity index (χ0v) is 18.5. The number of hydrogen-bond acceptors (Lipinski definition) is 4. The molecule has 33 heavy (non-hydrogen) atoms. The topological polar surface area (TPSA) is 101 Å². The van der Waals surface area contributed by atoms with Gasteiger partial charge < -0.3 is 9.55 Å². The fourth-order valence-corrected chi connectivity index (χ4v) is 4.22. The maximum atomic E-state index is 14.6. The number of halogens is 2. The second-order valence-electron chi connectivity index (χ2n) is 7.64. The highest BCUT2D eigenvalue weighted by Crippen LogP contribution is 2.36. The number of hydrogen-bond donors (Lipinski definition) is 2. The predicted octanol–water partition coefficient (Wildman–Crippen LogP) is 3.32. The van der Waals surface area contributed by atoms with Crippen LogP contribution in [-0.4, -0.2) is 30.1 Å². The van der Waals surface area contributed by atoms with Crippen LogP contribution in [0.5, 0.6) is 0 Å². The van der Waals surface area contributed by atoms with E-state index in [4.69, 9.17) is 0 Å². The van der Waals surface area contributed by atoms with Crippen molar-refractivity contribution >= 4 is 26.8 Å². The number of benzene rings is 2. The molecule has 0 fully saturated rings. The number of pyridine rings is 1. The number of carbonyl (C=O) groups is 1. The third kappa shape index (κ3) is 4.29. The van der Waals surface area contributed by atoms with E-state index in [-0.39, 0.29) is 40.0 Å². The van der Waals surface area contributed by atoms with E-state index in [0.717, 1.165) is 6.26 Å². The molecule has 0 unspecified atom stereocenters. The molecule has 2 aromatic heterocycles. The van der Waals surface area contributed by atoms with Gasteiger partial charge in [-0.05, 0) is 42.8 Å². The van der Waals surface area contributed by atoms with Gasteiger partial charge in [0.05, 0.1) is 18.3 Å². The van der Waals surface area contributed by atoms with Gasteiger partial charge >= 0.3 is 0 Å². The maximum absolute atomic E-state index is 14.6. The molecule has 0 saturated carbocycles. The molecular weight excluding hydrogens is 452 g/mol. The highest BCUT2D eigenvalue weighted by atomic mass is 32.2. The number of aryl methyl sites for hydroxylation is 1. The van der Waals surface area contributed by atoms with Crippen molar-refractivity contribution in [2.24, 2.45) is 0 Å². The van der Waals surface area contributed by atoms with Crippen molar-refractivity contribution in [1.29, 1.82) is 0 Å². The molecule has 2 aromatic carbocycles. The molecule has 0 aliphatic heterocycles. The second-order valence-corrected chi connectivity index (χ2v) is 9.38. The van der Waals surface area contributed by atoms with Crippen LogP contribution in [0.25, 0.3) is 22.0 Å². The van der Waals surface area contributed by atoms with Crippen LogP contribution in [0, 0.1) is 18.6 Å². The molecule has 0 spiro atoms. The quantitative estimate of drug-likeness (QED) is 0.466. The summed E-state index contributed by atoms with van der Waals surface area (Å²) < 4.78 is 56.0. The maximum Gasteiger partial charge on any atom is 0.282 e. The summed E-state index contributed by atoms with van der Waals surface area (Å²) in [5, 5.41) is 0.348. The van der Waals surface area contributed by atoms with Crippen molar-refractivity contribution < 1.29 is 22.0 Å². The van der Waals surface area contributed by atoms with E-state index in [1.54, 1.807) is 12.1 Å². The smallest absolute Gasteiger partial charge is 0.282 e. The lowest BCUT2D eigenvalue weighted by Crippen LogP contribution is -2.32. The van der Waals surface area contributed by atoms with Gasteiger partial charge in [-0.1, -0.05) is 18.2 Å². The van der Waals surface area contributed by atoms with Gasteiger partial charge in [-0.15, -0.1) is 0 Å². The molecule has 4 aromatic rings. The third-order valence-corrected chi connectivity index (χ3v) is 5.77. The Labute approximate surface area is 187 Å². The molecule has 1 amide bonds. The van der Waals surface area contributed by atoms with Crippen molar-refractivity contribution in [3.63, 3.8) is 0 Å². The lowest BCUT2D eigenvalue weighted by atomic mass is 10.0. The van der Waals surface area contributed by atoms with Crippen molar-refractivity contribution in [2.45, 2.75) is 13.5 Å². The van der Waals surface area contributed by atoms with Crippen molar-refractivity contribution in [3.8, 4) is 11.1 Å². The number of nitrogens with one attached hydrogen (secondary N) is 2. The number of aromatic nitrogens is 2. The van der Waals surface area contributed by atoms with E-state index in [0.29, 0.717) is 5.39 Å². The van der Waals surface area contributed by atoms with E-state index in [1.807, 2.05) is 4.72 Å². The van der Waals surface area contributed by atoms with Crippen LogP contribution in [0.3, 0.4) is 0 Å². The first-order valence-corrected chi connectivity index (χ1v) is 11.7. The normalized spacial score (nSPS) is 11.6. The van der Waals surface area contributed by atoms with E-state index in [2.05, 4.69) is 4.98 Å². The summed E-state index contributed by atoms with van der Waals surface area (Å²) in [4.78, 5) is 28.4. The minimum absolute atomic E-state index is 0.0828. The summed E-state index contributed by atoms with van der Waals surface area (Å²) in [5.41, 5.74) is 0.120. The van der Waals surface area contributed by atoms with Gasteiger partial charge in [-0.3, -0.25) is 9.59 Å². The van der Waals surface area contributed by atoms with Gasteiger partial charge in [0.2, 0.25) is 10.0 Å². The van der Waals surface area contributed by atoms with Crippen molar-refractivity contribution in [1.82, 2.24) is 14.3 Å². The number of nitrogens with zero attached hydrogens (tertiary/aromatic N) is 1. The molecule has 4 rings (SSSR count). The summed E-state index contributed by atoms with van der Waals surface area (Å²) in [6, 6.07) is 11.5. The Morgan fingerprint density at radius 1 is 1.09 bits per heavy atom. The Bertz CT molecular complexity index is 1570. The Morgan fingerprint density at radius 3 is 2.48 bits per heavy atom. The molecular formula is C23H19F2N3O4S. The Morgan fingerprint density at radius 2 is 1.82 bits per heavy atom. The van der Waals surface area contributed by atoms with Crippen LogP contribution in [0.1, 0.15) is 21.6 Å². The molecule has 2 N–H and O–H groups in total. The molecule has 0 bridgehead atoms. The molecule has 0 atom stereocenters. The first-order chi connectivity index (χ1) is 15.6. The minimum Gasteiger partial charge on any atom is -0.331 e. The Kier molecular flexibility index (Phi) is 5.62. The fraction of sp³-hybridized carbons (Fsp3) is 0.130. The predicted molar refractivity (Wildman–Crippen MR) is 121 cm³/mol. The molecule has 10 heteroatoms. The standard InChI is InChI=1S/C23H19F2N3O4S/c1-13-10-16-19(11-18(13)25)28(12-14-6-3-4-8-17(14)24)21(23(30)27-33(2,31)32)20(16)15-7-5-9-26-22(15)29/h3-11H,12H2,1-2H3,(H,26,29)(H,27,30). The molecule has 2 heterocycles. The number of H-pyrrole nitrogens is 1. The van der Waals surface area contributed by atoms with Gasteiger partial charge in [-0.25, -0.2) is 21.9 Å². The van der Waals surface area contributed by atoms with Gasteiger partial charge in [0.1, 0.15) is 17.3 Å². The number of fused-ring (bicyclic) bond motifs is 1. The number of rotatable bonds is 5. The zero-order chi connectivity index (χ0) is 23.9. The fourth-order valence-electron chi connectivity index (χ4n) is 3.78. The molecule has 7 nitrogen and oxygen atoms in total. The molecule has 0 radical (unpaired) electrons. The molecule has 0 aliphatic rings. The first kappa shape index (κ1) is 22.4. The molecule has 0 saturated heterocycles. The van der Waals surface area contributed by atoms with Crippen LogP contribution in [0.15, 0.2) is 59.5 Å². The summed E-state index contributed by atoms with van der Waals surface area (Å²) >= 11 is 0. The van der Waals surface area contributed by atoms with Crippen LogP contribution in [-0.2, 0) is 16.6 Å². The monoisotopic (exact) mass is 471 g/mol. The minimum atomic E-state index is -3.98. The van der Waals surface area contributed by atoms with Crippen molar-refractivity contribution in [2.75, 3.05) is 6.26 Å². The first-order valence-electron chi connectivity index (χ1n) is 9.82. The van der Waals surface area contributed by atoms with Gasteiger partial charge in [-0.2, -0.15) is 0 Å². The number of sulfonamides is 1. The van der Waals surface area contributed by atoms with Crippen LogP contribution >= 0.6 is 0 Å². The van der Waals surface area contributed by atoms with Gasteiger partial charge in [0.15, 0.2) is 0 Å². The van der Waals surface area contributed by atoms with Crippen LogP contribution in [0.4, 0.5) is 8.78 Å². The van der Waals surface area contributed by atoms with Crippen LogP contribution < -0.4 is 10.3 Å². The average Bonchev–Trinajstić information content (AvgIpc) is 3.02. The number of amides is 1. The lowest BCUT2D eigenvalue weighted by molar-refractivity contribution is 0.0974. The van der Waals surface area contributed by atoms with E-state index >= 15 is 0 Å². The molecule has 0 aliphatic carbocycles. The highest BCUT2D eigenvalue weighted by Gasteiger charge is 2.28. The Balaban J connectivity index is 2.14. The molecule has 170 valence electrons. The summed E-state index contributed by atoms with van der Waals surface area (Å²) in [6.07, 6.45) is 2.22. The van der Waals surface area contributed by atoms with Crippen LogP contribution in [0.2, 0.25) is 0 Å². The highest BCUT2D eigenvalue weighted by molar-refractivity contribution is 7.89. The number of aromatic amines is 1. The van der Waals surface area contributed by atoms with E-state index in [9.17, 15) is 26.8 Å². The van der Waals surface area contributed by atoms with E-state index < -0.39 is 33.1 Å². The van der Waals surface area contributed by atoms with Gasteiger partial charge in [0, 0.05) is 28.3 Å². The lowest BCUT2D eigenvalue weighted by Gasteiger charge is -2.13. The van der Waals surface area contributed by atoms with E-state index in [1.165, 1.54) is 54.1 Å². The summed E-state index contributed by atoms with van der Waals surface area (Å²) in [7, 11) is -3.98. The second kappa shape index (κ2) is 8.28. The zero-order valence-electron chi connectivity index (χ0n) is 17.6. The largest absolute Gasteiger partial charge is 0.331 e. The number of carbonyl (C=O) groups excluding carboxylic acids is 1. The van der Waals surface area contributed by atoms with Crippen molar-refractivity contribution in [3.05, 3.63) is 93.5 Å². The third-order valence-electron chi connectivity index (χ3n) is 5.21.